The summed E-state index contributed by atoms with van der Waals surface area (Å²) in [6, 6.07) is 2.71. The lowest BCUT2D eigenvalue weighted by Gasteiger charge is -2.24. The molecule has 0 bridgehead atoms. The molecule has 7 nitrogen and oxygen atoms in total. The number of hydrogen-bond acceptors (Lipinski definition) is 5. The van der Waals surface area contributed by atoms with Crippen molar-refractivity contribution in [1.29, 1.82) is 0 Å². The fourth-order valence-electron chi connectivity index (χ4n) is 3.92. The van der Waals surface area contributed by atoms with Gasteiger partial charge in [0.2, 0.25) is 0 Å². The number of anilines is 1. The van der Waals surface area contributed by atoms with Crippen LogP contribution in [-0.4, -0.2) is 32.8 Å². The number of carbonyl (C=O) groups is 1. The molecule has 3 N–H and O–H groups in total. The van der Waals surface area contributed by atoms with Gasteiger partial charge in [0.25, 0.3) is 5.91 Å². The Morgan fingerprint density at radius 3 is 2.83 bits per heavy atom. The third-order valence-corrected chi connectivity index (χ3v) is 5.97. The van der Waals surface area contributed by atoms with Gasteiger partial charge in [-0.25, -0.2) is 9.37 Å². The van der Waals surface area contributed by atoms with Crippen LogP contribution in [0.25, 0.3) is 11.0 Å². The number of nitrogens with one attached hydrogen (secondary N) is 1. The first-order valence-corrected chi connectivity index (χ1v) is 9.74. The number of halogens is 1. The SMILES string of the molecule is C[C@@H](c1ncc(C2CC2)cc1F)N(C)C(=O)c1cc2nc(N)c3c(c2[nH]1)COC3. The largest absolute Gasteiger partial charge is 0.383 e. The monoisotopic (exact) mass is 395 g/mol. The summed E-state index contributed by atoms with van der Waals surface area (Å²) in [6.07, 6.45) is 3.90. The Balaban J connectivity index is 1.44. The lowest BCUT2D eigenvalue weighted by atomic mass is 10.1. The molecule has 1 saturated carbocycles. The van der Waals surface area contributed by atoms with E-state index in [-0.39, 0.29) is 17.4 Å². The quantitative estimate of drug-likeness (QED) is 0.705. The van der Waals surface area contributed by atoms with Gasteiger partial charge in [0.1, 0.15) is 17.3 Å². The molecule has 8 heteroatoms. The maximum atomic E-state index is 14.6. The average Bonchev–Trinajstić information content (AvgIpc) is 3.28. The summed E-state index contributed by atoms with van der Waals surface area (Å²) in [5.74, 6) is 0.210. The predicted molar refractivity (Wildman–Crippen MR) is 106 cm³/mol. The highest BCUT2D eigenvalue weighted by atomic mass is 19.1. The van der Waals surface area contributed by atoms with E-state index in [1.165, 1.54) is 4.90 Å². The smallest absolute Gasteiger partial charge is 0.270 e. The number of fused-ring (bicyclic) bond motifs is 3. The number of carbonyl (C=O) groups excluding carboxylic acids is 1. The van der Waals surface area contributed by atoms with Crippen LogP contribution in [0.15, 0.2) is 18.3 Å². The van der Waals surface area contributed by atoms with Crippen molar-refractivity contribution in [3.05, 3.63) is 52.2 Å². The standard InChI is InChI=1S/C21H22FN5O2/c1-10(18-15(22)5-12(7-24-18)11-3-4-11)27(2)21(28)17-6-16-19(25-17)13-8-29-9-14(13)20(23)26-16/h5-7,10-11,25H,3-4,8-9H2,1-2H3,(H2,23,26)/t10-/m0/s1. The Morgan fingerprint density at radius 1 is 1.34 bits per heavy atom. The van der Waals surface area contributed by atoms with Crippen molar-refractivity contribution in [3.8, 4) is 0 Å². The molecule has 150 valence electrons. The summed E-state index contributed by atoms with van der Waals surface area (Å²) in [4.78, 5) is 26.4. The Kier molecular flexibility index (Phi) is 4.06. The van der Waals surface area contributed by atoms with Crippen molar-refractivity contribution in [3.63, 3.8) is 0 Å². The highest BCUT2D eigenvalue weighted by Gasteiger charge is 2.28. The number of H-pyrrole nitrogens is 1. The number of nitrogens with zero attached hydrogens (tertiary/aromatic N) is 3. The van der Waals surface area contributed by atoms with Gasteiger partial charge in [-0.05, 0) is 43.4 Å². The molecule has 5 rings (SSSR count). The van der Waals surface area contributed by atoms with Gasteiger partial charge >= 0.3 is 0 Å². The van der Waals surface area contributed by atoms with Crippen LogP contribution in [0.5, 0.6) is 0 Å². The molecule has 1 aliphatic carbocycles. The van der Waals surface area contributed by atoms with E-state index in [1.54, 1.807) is 32.3 Å². The van der Waals surface area contributed by atoms with E-state index in [9.17, 15) is 9.18 Å². The van der Waals surface area contributed by atoms with Crippen molar-refractivity contribution in [2.45, 2.75) is 44.9 Å². The zero-order valence-electron chi connectivity index (χ0n) is 16.3. The van der Waals surface area contributed by atoms with Crippen molar-refractivity contribution in [1.82, 2.24) is 19.9 Å². The number of aromatic nitrogens is 3. The third kappa shape index (κ3) is 2.95. The molecule has 1 atom stereocenters. The molecular formula is C21H22FN5O2. The summed E-state index contributed by atoms with van der Waals surface area (Å²) < 4.78 is 20.1. The summed E-state index contributed by atoms with van der Waals surface area (Å²) in [6.45, 7) is 2.62. The minimum atomic E-state index is -0.519. The molecule has 1 amide bonds. The number of pyridine rings is 2. The first kappa shape index (κ1) is 18.1. The minimum absolute atomic E-state index is 0.262. The van der Waals surface area contributed by atoms with E-state index in [0.29, 0.717) is 36.2 Å². The van der Waals surface area contributed by atoms with Gasteiger partial charge in [-0.15, -0.1) is 0 Å². The normalized spacial score (nSPS) is 16.8. The second-order valence-electron chi connectivity index (χ2n) is 7.89. The summed E-state index contributed by atoms with van der Waals surface area (Å²) in [5.41, 5.74) is 10.8. The van der Waals surface area contributed by atoms with E-state index in [2.05, 4.69) is 15.0 Å². The molecule has 1 fully saturated rings. The van der Waals surface area contributed by atoms with Gasteiger partial charge in [0, 0.05) is 24.4 Å². The van der Waals surface area contributed by atoms with Crippen LogP contribution in [0.1, 0.15) is 64.6 Å². The molecule has 3 aromatic rings. The van der Waals surface area contributed by atoms with Gasteiger partial charge < -0.3 is 20.4 Å². The van der Waals surface area contributed by atoms with Crippen LogP contribution in [0.3, 0.4) is 0 Å². The zero-order valence-corrected chi connectivity index (χ0v) is 16.3. The van der Waals surface area contributed by atoms with Crippen LogP contribution in [0.2, 0.25) is 0 Å². The minimum Gasteiger partial charge on any atom is -0.383 e. The highest BCUT2D eigenvalue weighted by Crippen LogP contribution is 2.40. The zero-order chi connectivity index (χ0) is 20.3. The number of amides is 1. The van der Waals surface area contributed by atoms with Crippen LogP contribution < -0.4 is 5.73 Å². The number of nitrogens with two attached hydrogens (primary N) is 1. The van der Waals surface area contributed by atoms with E-state index in [4.69, 9.17) is 10.5 Å². The molecule has 0 aromatic carbocycles. The number of rotatable bonds is 4. The lowest BCUT2D eigenvalue weighted by Crippen LogP contribution is -2.31. The summed E-state index contributed by atoms with van der Waals surface area (Å²) >= 11 is 0. The maximum Gasteiger partial charge on any atom is 0.270 e. The second-order valence-corrected chi connectivity index (χ2v) is 7.89. The highest BCUT2D eigenvalue weighted by molar-refractivity contribution is 5.98. The van der Waals surface area contributed by atoms with Crippen molar-refractivity contribution >= 4 is 22.8 Å². The van der Waals surface area contributed by atoms with Crippen LogP contribution in [-0.2, 0) is 18.0 Å². The average molecular weight is 395 g/mol. The molecule has 0 saturated heterocycles. The van der Waals surface area contributed by atoms with Crippen molar-refractivity contribution in [2.24, 2.45) is 0 Å². The van der Waals surface area contributed by atoms with Crippen LogP contribution in [0, 0.1) is 5.82 Å². The maximum absolute atomic E-state index is 14.6. The molecule has 2 aliphatic rings. The molecule has 1 aliphatic heterocycles. The number of nitrogen functional groups attached to an aromatic ring is 1. The molecule has 29 heavy (non-hydrogen) atoms. The predicted octanol–water partition coefficient (Wildman–Crippen LogP) is 3.42. The molecule has 0 spiro atoms. The Labute approximate surface area is 167 Å². The number of aromatic amines is 1. The van der Waals surface area contributed by atoms with Crippen molar-refractivity contribution in [2.75, 3.05) is 12.8 Å². The van der Waals surface area contributed by atoms with Gasteiger partial charge in [-0.2, -0.15) is 0 Å². The molecule has 0 radical (unpaired) electrons. The summed E-state index contributed by atoms with van der Waals surface area (Å²) in [7, 11) is 1.64. The van der Waals surface area contributed by atoms with Gasteiger partial charge in [-0.3, -0.25) is 9.78 Å². The third-order valence-electron chi connectivity index (χ3n) is 5.97. The molecule has 0 unspecified atom stereocenters. The van der Waals surface area contributed by atoms with Gasteiger partial charge in [-0.1, -0.05) is 0 Å². The molecule has 4 heterocycles. The Hall–Kier alpha value is -3.00. The van der Waals surface area contributed by atoms with Gasteiger partial charge in [0.05, 0.1) is 36.0 Å². The number of hydrogen-bond donors (Lipinski definition) is 2. The fourth-order valence-corrected chi connectivity index (χ4v) is 3.92. The topological polar surface area (TPSA) is 97.1 Å². The van der Waals surface area contributed by atoms with E-state index in [1.807, 2.05) is 0 Å². The first-order valence-electron chi connectivity index (χ1n) is 9.74. The lowest BCUT2D eigenvalue weighted by molar-refractivity contribution is 0.0732. The first-order chi connectivity index (χ1) is 13.9. The van der Waals surface area contributed by atoms with Crippen molar-refractivity contribution < 1.29 is 13.9 Å². The fraction of sp³-hybridized carbons (Fsp3) is 0.381. The summed E-state index contributed by atoms with van der Waals surface area (Å²) in [5, 5.41) is 0. The Bertz CT molecular complexity index is 1140. The van der Waals surface area contributed by atoms with E-state index in [0.717, 1.165) is 35.0 Å². The van der Waals surface area contributed by atoms with Crippen LogP contribution in [0.4, 0.5) is 10.2 Å². The molecular weight excluding hydrogens is 373 g/mol. The van der Waals surface area contributed by atoms with Crippen LogP contribution >= 0.6 is 0 Å². The van der Waals surface area contributed by atoms with E-state index >= 15 is 0 Å². The second kappa shape index (κ2) is 6.52. The molecule has 3 aromatic heterocycles. The van der Waals surface area contributed by atoms with E-state index < -0.39 is 6.04 Å². The van der Waals surface area contributed by atoms with Gasteiger partial charge in [0.15, 0.2) is 0 Å². The Morgan fingerprint density at radius 2 is 2.10 bits per heavy atom. The number of ether oxygens (including phenoxy) is 1.